The van der Waals surface area contributed by atoms with E-state index in [0.29, 0.717) is 28.4 Å². The number of oxazole rings is 1. The number of para-hydroxylation sites is 1. The number of amides is 1. The van der Waals surface area contributed by atoms with Gasteiger partial charge in [-0.3, -0.25) is 4.79 Å². The van der Waals surface area contributed by atoms with Gasteiger partial charge in [-0.25, -0.2) is 4.98 Å². The number of aromatic nitrogens is 3. The van der Waals surface area contributed by atoms with Crippen molar-refractivity contribution in [2.45, 2.75) is 13.0 Å². The molecule has 3 aromatic heterocycles. The molecule has 114 valence electrons. The molecule has 4 rings (SSSR count). The van der Waals surface area contributed by atoms with E-state index in [0.717, 1.165) is 5.39 Å². The lowest BCUT2D eigenvalue weighted by Crippen LogP contribution is -2.24. The summed E-state index contributed by atoms with van der Waals surface area (Å²) >= 11 is 0. The van der Waals surface area contributed by atoms with E-state index < -0.39 is 0 Å². The zero-order valence-corrected chi connectivity index (χ0v) is 12.0. The van der Waals surface area contributed by atoms with Crippen molar-refractivity contribution < 1.29 is 13.7 Å². The van der Waals surface area contributed by atoms with Crippen molar-refractivity contribution in [3.63, 3.8) is 0 Å². The molecule has 1 aromatic carbocycles. The van der Waals surface area contributed by atoms with E-state index in [4.69, 9.17) is 8.94 Å². The van der Waals surface area contributed by atoms with Crippen LogP contribution in [0.2, 0.25) is 0 Å². The lowest BCUT2D eigenvalue weighted by Gasteiger charge is -2.00. The maximum Gasteiger partial charge on any atom is 0.226 e. The first kappa shape index (κ1) is 13.4. The highest BCUT2D eigenvalue weighted by Gasteiger charge is 2.13. The van der Waals surface area contributed by atoms with Gasteiger partial charge in [-0.15, -0.1) is 0 Å². The Hall–Kier alpha value is -3.22. The minimum atomic E-state index is -0.181. The molecule has 1 N–H and O–H groups in total. The molecule has 0 saturated carbocycles. The minimum Gasteiger partial charge on any atom is -0.437 e. The maximum atomic E-state index is 12.1. The van der Waals surface area contributed by atoms with Gasteiger partial charge in [0.05, 0.1) is 13.0 Å². The molecular weight excluding hydrogens is 296 g/mol. The second-order valence-corrected chi connectivity index (χ2v) is 5.01. The normalized spacial score (nSPS) is 11.1. The second kappa shape index (κ2) is 5.53. The fraction of sp³-hybridized carbons (Fsp3) is 0.125. The number of hydrogen-bond acceptors (Lipinski definition) is 6. The first-order valence-electron chi connectivity index (χ1n) is 7.10. The zero-order chi connectivity index (χ0) is 15.6. The van der Waals surface area contributed by atoms with E-state index in [1.54, 1.807) is 18.3 Å². The van der Waals surface area contributed by atoms with Gasteiger partial charge in [-0.2, -0.15) is 4.98 Å². The predicted molar refractivity (Wildman–Crippen MR) is 81.4 cm³/mol. The standard InChI is InChI=1S/C16H12N4O3/c21-14(8-11-10-4-1-2-5-12(10)23-20-11)18-9-15-19-16-13(22-15)6-3-7-17-16/h1-7H,8-9H2,(H,18,21). The van der Waals surface area contributed by atoms with Gasteiger partial charge in [0.15, 0.2) is 16.8 Å². The Balaban J connectivity index is 1.43. The van der Waals surface area contributed by atoms with Gasteiger partial charge in [0.2, 0.25) is 11.8 Å². The quantitative estimate of drug-likeness (QED) is 0.621. The molecule has 0 aliphatic rings. The molecule has 0 fully saturated rings. The number of carbonyl (C=O) groups excluding carboxylic acids is 1. The largest absolute Gasteiger partial charge is 0.437 e. The molecule has 0 aliphatic heterocycles. The second-order valence-electron chi connectivity index (χ2n) is 5.01. The van der Waals surface area contributed by atoms with Crippen LogP contribution < -0.4 is 5.32 Å². The molecule has 0 bridgehead atoms. The average molecular weight is 308 g/mol. The van der Waals surface area contributed by atoms with Crippen molar-refractivity contribution in [1.29, 1.82) is 0 Å². The first-order chi connectivity index (χ1) is 11.3. The molecule has 3 heterocycles. The number of fused-ring (bicyclic) bond motifs is 2. The van der Waals surface area contributed by atoms with E-state index in [1.807, 2.05) is 24.3 Å². The van der Waals surface area contributed by atoms with E-state index in [9.17, 15) is 4.79 Å². The molecule has 0 atom stereocenters. The SMILES string of the molecule is O=C(Cc1noc2ccccc12)NCc1nc2ncccc2o1. The third-order valence-electron chi connectivity index (χ3n) is 3.43. The minimum absolute atomic E-state index is 0.134. The molecule has 7 heteroatoms. The average Bonchev–Trinajstić information content (AvgIpc) is 3.17. The van der Waals surface area contributed by atoms with Crippen molar-refractivity contribution in [2.24, 2.45) is 0 Å². The smallest absolute Gasteiger partial charge is 0.226 e. The van der Waals surface area contributed by atoms with Crippen LogP contribution >= 0.6 is 0 Å². The number of pyridine rings is 1. The van der Waals surface area contributed by atoms with Gasteiger partial charge in [-0.05, 0) is 24.3 Å². The van der Waals surface area contributed by atoms with Crippen LogP contribution in [-0.2, 0) is 17.8 Å². The van der Waals surface area contributed by atoms with Crippen molar-refractivity contribution in [3.8, 4) is 0 Å². The molecule has 0 unspecified atom stereocenters. The highest BCUT2D eigenvalue weighted by atomic mass is 16.5. The first-order valence-corrected chi connectivity index (χ1v) is 7.10. The van der Waals surface area contributed by atoms with Crippen molar-refractivity contribution in [1.82, 2.24) is 20.4 Å². The van der Waals surface area contributed by atoms with Crippen LogP contribution in [0.3, 0.4) is 0 Å². The lowest BCUT2D eigenvalue weighted by atomic mass is 10.1. The molecule has 1 amide bonds. The van der Waals surface area contributed by atoms with Gasteiger partial charge in [-0.1, -0.05) is 17.3 Å². The van der Waals surface area contributed by atoms with Crippen LogP contribution in [0.5, 0.6) is 0 Å². The number of carbonyl (C=O) groups is 1. The van der Waals surface area contributed by atoms with Gasteiger partial charge < -0.3 is 14.3 Å². The van der Waals surface area contributed by atoms with Crippen molar-refractivity contribution >= 4 is 28.1 Å². The molecule has 0 aliphatic carbocycles. The molecule has 0 spiro atoms. The summed E-state index contributed by atoms with van der Waals surface area (Å²) in [5, 5.41) is 7.54. The summed E-state index contributed by atoms with van der Waals surface area (Å²) in [7, 11) is 0. The van der Waals surface area contributed by atoms with E-state index in [2.05, 4.69) is 20.4 Å². The number of rotatable bonds is 4. The summed E-state index contributed by atoms with van der Waals surface area (Å²) in [6.45, 7) is 0.199. The Labute approximate surface area is 130 Å². The number of nitrogens with one attached hydrogen (secondary N) is 1. The fourth-order valence-electron chi connectivity index (χ4n) is 2.34. The summed E-state index contributed by atoms with van der Waals surface area (Å²) in [4.78, 5) is 20.4. The van der Waals surface area contributed by atoms with Gasteiger partial charge in [0.1, 0.15) is 5.69 Å². The molecule has 4 aromatic rings. The number of hydrogen-bond donors (Lipinski definition) is 1. The summed E-state index contributed by atoms with van der Waals surface area (Å²) < 4.78 is 10.7. The molecule has 7 nitrogen and oxygen atoms in total. The van der Waals surface area contributed by atoms with Crippen LogP contribution in [-0.4, -0.2) is 21.0 Å². The molecule has 0 radical (unpaired) electrons. The number of nitrogens with zero attached hydrogens (tertiary/aromatic N) is 3. The topological polar surface area (TPSA) is 94.1 Å². The Kier molecular flexibility index (Phi) is 3.23. The Morgan fingerprint density at radius 2 is 2.00 bits per heavy atom. The Bertz CT molecular complexity index is 956. The van der Waals surface area contributed by atoms with Gasteiger partial charge in [0, 0.05) is 11.6 Å². The van der Waals surface area contributed by atoms with Gasteiger partial charge >= 0.3 is 0 Å². The van der Waals surface area contributed by atoms with E-state index >= 15 is 0 Å². The Morgan fingerprint density at radius 1 is 1.13 bits per heavy atom. The Morgan fingerprint density at radius 3 is 2.91 bits per heavy atom. The highest BCUT2D eigenvalue weighted by Crippen LogP contribution is 2.18. The number of benzene rings is 1. The van der Waals surface area contributed by atoms with E-state index in [1.165, 1.54) is 0 Å². The van der Waals surface area contributed by atoms with Crippen LogP contribution in [0.25, 0.3) is 22.2 Å². The third kappa shape index (κ3) is 2.64. The van der Waals surface area contributed by atoms with Crippen LogP contribution in [0.1, 0.15) is 11.6 Å². The maximum absolute atomic E-state index is 12.1. The third-order valence-corrected chi connectivity index (χ3v) is 3.43. The summed E-state index contributed by atoms with van der Waals surface area (Å²) in [5.74, 6) is 0.233. The van der Waals surface area contributed by atoms with Crippen molar-refractivity contribution in [3.05, 3.63) is 54.2 Å². The highest BCUT2D eigenvalue weighted by molar-refractivity contribution is 5.86. The summed E-state index contributed by atoms with van der Waals surface area (Å²) in [5.41, 5.74) is 2.40. The van der Waals surface area contributed by atoms with Crippen molar-refractivity contribution in [2.75, 3.05) is 0 Å². The van der Waals surface area contributed by atoms with Gasteiger partial charge in [0.25, 0.3) is 0 Å². The van der Waals surface area contributed by atoms with Crippen LogP contribution in [0, 0.1) is 0 Å². The monoisotopic (exact) mass is 308 g/mol. The lowest BCUT2D eigenvalue weighted by molar-refractivity contribution is -0.120. The fourth-order valence-corrected chi connectivity index (χ4v) is 2.34. The molecular formula is C16H12N4O3. The van der Waals surface area contributed by atoms with E-state index in [-0.39, 0.29) is 18.9 Å². The zero-order valence-electron chi connectivity index (χ0n) is 12.0. The van der Waals surface area contributed by atoms with Crippen LogP contribution in [0.4, 0.5) is 0 Å². The molecule has 0 saturated heterocycles. The van der Waals surface area contributed by atoms with Crippen LogP contribution in [0.15, 0.2) is 51.5 Å². The molecule has 23 heavy (non-hydrogen) atoms. The summed E-state index contributed by atoms with van der Waals surface area (Å²) in [6.07, 6.45) is 1.78. The summed E-state index contributed by atoms with van der Waals surface area (Å²) in [6, 6.07) is 11.0. The predicted octanol–water partition coefficient (Wildman–Crippen LogP) is 2.22.